The van der Waals surface area contributed by atoms with Gasteiger partial charge in [0, 0.05) is 18.7 Å². The quantitative estimate of drug-likeness (QED) is 0.213. The first kappa shape index (κ1) is 25.3. The highest BCUT2D eigenvalue weighted by atomic mass is 28.4. The Balaban J connectivity index is 1.91. The van der Waals surface area contributed by atoms with Gasteiger partial charge in [-0.15, -0.1) is 0 Å². The molecule has 8 heteroatoms. The van der Waals surface area contributed by atoms with E-state index in [4.69, 9.17) is 10.2 Å². The number of carbonyl (C=O) groups excluding carboxylic acids is 1. The lowest BCUT2D eigenvalue weighted by Gasteiger charge is -2.43. The van der Waals surface area contributed by atoms with Crippen LogP contribution in [0.3, 0.4) is 0 Å². The number of nitro groups is 1. The lowest BCUT2D eigenvalue weighted by molar-refractivity contribution is -0.385. The fourth-order valence-electron chi connectivity index (χ4n) is 4.38. The van der Waals surface area contributed by atoms with Crippen molar-refractivity contribution in [1.82, 2.24) is 0 Å². The molecule has 0 aromatic heterocycles. The molecule has 2 N–H and O–H groups in total. The van der Waals surface area contributed by atoms with E-state index in [1.807, 2.05) is 36.4 Å². The van der Waals surface area contributed by atoms with Crippen LogP contribution in [0.1, 0.15) is 43.1 Å². The molecule has 3 rings (SSSR count). The highest BCUT2D eigenvalue weighted by Crippen LogP contribution is 2.37. The number of hydrogen-bond acceptors (Lipinski definition) is 4. The van der Waals surface area contributed by atoms with Crippen molar-refractivity contribution in [2.45, 2.75) is 38.7 Å². The Morgan fingerprint density at radius 3 is 2.00 bits per heavy atom. The van der Waals surface area contributed by atoms with Crippen LogP contribution >= 0.6 is 0 Å². The summed E-state index contributed by atoms with van der Waals surface area (Å²) in [5.41, 5.74) is 4.46. The number of rotatable bonds is 9. The van der Waals surface area contributed by atoms with Crippen molar-refractivity contribution in [2.75, 3.05) is 6.61 Å². The Labute approximate surface area is 199 Å². The molecule has 0 aliphatic heterocycles. The van der Waals surface area contributed by atoms with Crippen LogP contribution in [0.25, 0.3) is 0 Å². The largest absolute Gasteiger partial charge is 0.407 e. The molecule has 3 aromatic rings. The maximum Gasteiger partial charge on any atom is 0.270 e. The second-order valence-electron chi connectivity index (χ2n) is 9.20. The van der Waals surface area contributed by atoms with Crippen molar-refractivity contribution in [3.8, 4) is 0 Å². The fourth-order valence-corrected chi connectivity index (χ4v) is 8.99. The number of nitrogens with zero attached hydrogens (tertiary/aromatic N) is 1. The molecule has 6 nitrogen and oxygen atoms in total. The van der Waals surface area contributed by atoms with Crippen LogP contribution in [-0.4, -0.2) is 25.8 Å². The van der Waals surface area contributed by atoms with Crippen LogP contribution < -0.4 is 16.1 Å². The number of non-ortho nitro benzene ring substituents is 1. The molecule has 178 valence electrons. The topological polar surface area (TPSA) is 95.5 Å². The highest BCUT2D eigenvalue weighted by Gasteiger charge is 2.49. The molecule has 0 spiro atoms. The van der Waals surface area contributed by atoms with E-state index in [9.17, 15) is 19.3 Å². The summed E-state index contributed by atoms with van der Waals surface area (Å²) in [6.07, 6.45) is 0.590. The molecule has 0 fully saturated rings. The molecule has 0 radical (unpaired) electrons. The summed E-state index contributed by atoms with van der Waals surface area (Å²) in [4.78, 5) is 22.2. The number of nitrogens with two attached hydrogens (primary N) is 1. The minimum atomic E-state index is -2.73. The zero-order valence-corrected chi connectivity index (χ0v) is 20.6. The molecular weight excluding hydrogens is 451 g/mol. The van der Waals surface area contributed by atoms with Crippen molar-refractivity contribution in [3.05, 3.63) is 99.9 Å². The SMILES string of the molecule is CC(C)(C)[Si](OCCCc1cc([N+](=O)[O-])cc(C(N)=O)c1F)(c1ccccc1)c1ccccc1. The summed E-state index contributed by atoms with van der Waals surface area (Å²) in [5, 5.41) is 13.3. The first-order chi connectivity index (χ1) is 16.1. The predicted octanol–water partition coefficient (Wildman–Crippen LogP) is 4.34. The monoisotopic (exact) mass is 480 g/mol. The number of hydrogen-bond donors (Lipinski definition) is 1. The number of nitro benzene ring substituents is 1. The minimum Gasteiger partial charge on any atom is -0.407 e. The van der Waals surface area contributed by atoms with Gasteiger partial charge in [-0.3, -0.25) is 14.9 Å². The van der Waals surface area contributed by atoms with E-state index in [1.54, 1.807) is 0 Å². The summed E-state index contributed by atoms with van der Waals surface area (Å²) in [6, 6.07) is 22.3. The Morgan fingerprint density at radius 2 is 1.56 bits per heavy atom. The standard InChI is InChI=1S/C26H29FN2O4Si/c1-26(2,3)34(21-12-6-4-7-13-21,22-14-8-5-9-15-22)33-16-10-11-19-17-20(29(31)32)18-23(24(19)27)25(28)30/h4-9,12-15,17-18H,10-11,16H2,1-3H3,(H2,28,30). The minimum absolute atomic E-state index is 0.0778. The summed E-state index contributed by atoms with van der Waals surface area (Å²) in [5.74, 6) is -1.85. The molecule has 0 saturated heterocycles. The second kappa shape index (κ2) is 10.3. The van der Waals surface area contributed by atoms with Crippen LogP contribution in [0.4, 0.5) is 10.1 Å². The molecule has 34 heavy (non-hydrogen) atoms. The van der Waals surface area contributed by atoms with Gasteiger partial charge in [-0.1, -0.05) is 81.4 Å². The van der Waals surface area contributed by atoms with Gasteiger partial charge in [-0.2, -0.15) is 0 Å². The van der Waals surface area contributed by atoms with E-state index in [0.717, 1.165) is 22.5 Å². The fraction of sp³-hybridized carbons (Fsp3) is 0.269. The first-order valence-corrected chi connectivity index (χ1v) is 13.0. The average molecular weight is 481 g/mol. The molecule has 3 aromatic carbocycles. The Morgan fingerprint density at radius 1 is 1.03 bits per heavy atom. The molecule has 0 atom stereocenters. The van der Waals surface area contributed by atoms with Gasteiger partial charge < -0.3 is 10.2 Å². The van der Waals surface area contributed by atoms with E-state index >= 15 is 0 Å². The third kappa shape index (κ3) is 5.08. The normalized spacial score (nSPS) is 11.9. The van der Waals surface area contributed by atoms with Crippen LogP contribution in [0.2, 0.25) is 5.04 Å². The van der Waals surface area contributed by atoms with Gasteiger partial charge in [0.1, 0.15) is 5.82 Å². The third-order valence-electron chi connectivity index (χ3n) is 5.93. The Hall–Kier alpha value is -3.36. The molecule has 0 aliphatic carbocycles. The molecule has 0 heterocycles. The van der Waals surface area contributed by atoms with E-state index in [-0.39, 0.29) is 22.7 Å². The molecule has 0 saturated carbocycles. The highest BCUT2D eigenvalue weighted by molar-refractivity contribution is 6.99. The number of primary amides is 1. The number of benzene rings is 3. The maximum absolute atomic E-state index is 14.8. The third-order valence-corrected chi connectivity index (χ3v) is 11.0. The number of halogens is 1. The number of carbonyl (C=O) groups is 1. The zero-order valence-electron chi connectivity index (χ0n) is 19.6. The summed E-state index contributed by atoms with van der Waals surface area (Å²) >= 11 is 0. The van der Waals surface area contributed by atoms with Crippen molar-refractivity contribution in [3.63, 3.8) is 0 Å². The maximum atomic E-state index is 14.8. The Bertz CT molecular complexity index is 1130. The summed E-state index contributed by atoms with van der Waals surface area (Å²) in [7, 11) is -2.73. The lowest BCUT2D eigenvalue weighted by Crippen LogP contribution is -2.66. The van der Waals surface area contributed by atoms with E-state index in [0.29, 0.717) is 13.0 Å². The summed E-state index contributed by atoms with van der Waals surface area (Å²) in [6.45, 7) is 6.82. The van der Waals surface area contributed by atoms with Gasteiger partial charge in [0.2, 0.25) is 0 Å². The Kier molecular flexibility index (Phi) is 7.63. The van der Waals surface area contributed by atoms with Gasteiger partial charge >= 0.3 is 0 Å². The van der Waals surface area contributed by atoms with Gasteiger partial charge in [0.15, 0.2) is 0 Å². The van der Waals surface area contributed by atoms with Gasteiger partial charge in [-0.25, -0.2) is 4.39 Å². The zero-order chi connectivity index (χ0) is 24.9. The first-order valence-electron chi connectivity index (χ1n) is 11.1. The molecule has 0 aliphatic rings. The van der Waals surface area contributed by atoms with Crippen molar-refractivity contribution < 1.29 is 18.5 Å². The molecule has 0 bridgehead atoms. The van der Waals surface area contributed by atoms with Gasteiger partial charge in [0.25, 0.3) is 19.9 Å². The van der Waals surface area contributed by atoms with E-state index in [1.165, 1.54) is 0 Å². The summed E-state index contributed by atoms with van der Waals surface area (Å²) < 4.78 is 21.6. The van der Waals surface area contributed by atoms with Gasteiger partial charge in [0.05, 0.1) is 10.5 Å². The molecular formula is C26H29FN2O4Si. The van der Waals surface area contributed by atoms with Crippen LogP contribution in [0.5, 0.6) is 0 Å². The molecule has 1 amide bonds. The predicted molar refractivity (Wildman–Crippen MR) is 133 cm³/mol. The number of aryl methyl sites for hydroxylation is 1. The van der Waals surface area contributed by atoms with E-state index in [2.05, 4.69) is 45.0 Å². The molecule has 0 unspecified atom stereocenters. The number of amides is 1. The van der Waals surface area contributed by atoms with Gasteiger partial charge in [-0.05, 0) is 33.8 Å². The van der Waals surface area contributed by atoms with Crippen molar-refractivity contribution in [1.29, 1.82) is 0 Å². The van der Waals surface area contributed by atoms with Crippen LogP contribution in [0, 0.1) is 15.9 Å². The second-order valence-corrected chi connectivity index (χ2v) is 13.5. The van der Waals surface area contributed by atoms with E-state index < -0.39 is 30.5 Å². The van der Waals surface area contributed by atoms with Crippen LogP contribution in [-0.2, 0) is 10.8 Å². The smallest absolute Gasteiger partial charge is 0.270 e. The van der Waals surface area contributed by atoms with Crippen molar-refractivity contribution in [2.24, 2.45) is 5.73 Å². The van der Waals surface area contributed by atoms with Crippen LogP contribution in [0.15, 0.2) is 72.8 Å². The lowest BCUT2D eigenvalue weighted by atomic mass is 10.0. The average Bonchev–Trinajstić information content (AvgIpc) is 2.80. The van der Waals surface area contributed by atoms with Crippen molar-refractivity contribution >= 4 is 30.3 Å².